The third-order valence-corrected chi connectivity index (χ3v) is 9.86. The fourth-order valence-electron chi connectivity index (χ4n) is 7.12. The molecule has 0 unspecified atom stereocenters. The van der Waals surface area contributed by atoms with Crippen molar-refractivity contribution in [3.8, 4) is 0 Å². The summed E-state index contributed by atoms with van der Waals surface area (Å²) in [5.41, 5.74) is 19.1. The van der Waals surface area contributed by atoms with Crippen LogP contribution < -0.4 is 9.80 Å². The summed E-state index contributed by atoms with van der Waals surface area (Å²) in [6.07, 6.45) is 8.76. The van der Waals surface area contributed by atoms with E-state index in [1.54, 1.807) is 0 Å². The van der Waals surface area contributed by atoms with Crippen LogP contribution in [0, 0.1) is 41.5 Å². The average Bonchev–Trinajstić information content (AvgIpc) is 3.16. The largest absolute Gasteiger partial charge is 0.310 e. The molecular weight excluding hydrogens is 653 g/mol. The quantitative estimate of drug-likeness (QED) is 0.131. The smallest absolute Gasteiger partial charge is 0.0490 e. The molecule has 0 N–H and O–H groups in total. The van der Waals surface area contributed by atoms with Crippen molar-refractivity contribution in [2.75, 3.05) is 9.80 Å². The molecule has 266 valence electrons. The minimum absolute atomic E-state index is 1.14. The summed E-state index contributed by atoms with van der Waals surface area (Å²) in [6.45, 7) is 13.0. The molecule has 54 heavy (non-hydrogen) atoms. The summed E-state index contributed by atoms with van der Waals surface area (Å²) in [5, 5.41) is 0. The lowest BCUT2D eigenvalue weighted by atomic mass is 10.1. The Labute approximate surface area is 322 Å². The van der Waals surface area contributed by atoms with Gasteiger partial charge in [0, 0.05) is 34.1 Å². The normalized spacial score (nSPS) is 11.4. The number of hydrogen-bond donors (Lipinski definition) is 0. The van der Waals surface area contributed by atoms with Crippen LogP contribution in [-0.4, -0.2) is 0 Å². The van der Waals surface area contributed by atoms with E-state index in [1.807, 2.05) is 0 Å². The Morgan fingerprint density at radius 2 is 0.667 bits per heavy atom. The van der Waals surface area contributed by atoms with Crippen LogP contribution in [0.25, 0.3) is 24.3 Å². The van der Waals surface area contributed by atoms with E-state index in [1.165, 1.54) is 44.8 Å². The molecule has 0 amide bonds. The van der Waals surface area contributed by atoms with Gasteiger partial charge in [-0.05, 0) is 153 Å². The van der Waals surface area contributed by atoms with Crippen molar-refractivity contribution in [3.05, 3.63) is 213 Å². The lowest BCUT2D eigenvalue weighted by molar-refractivity contribution is 1.23. The Morgan fingerprint density at radius 3 is 1.06 bits per heavy atom. The van der Waals surface area contributed by atoms with E-state index in [0.717, 1.165) is 45.0 Å². The molecule has 0 fully saturated rings. The zero-order valence-corrected chi connectivity index (χ0v) is 32.2. The molecule has 0 aliphatic heterocycles. The molecule has 0 aliphatic rings. The van der Waals surface area contributed by atoms with Crippen LogP contribution in [-0.2, 0) is 0 Å². The third-order valence-electron chi connectivity index (χ3n) is 9.86. The Balaban J connectivity index is 1.08. The summed E-state index contributed by atoms with van der Waals surface area (Å²) < 4.78 is 0. The van der Waals surface area contributed by atoms with Gasteiger partial charge in [0.15, 0.2) is 0 Å². The predicted octanol–water partition coefficient (Wildman–Crippen LogP) is 14.8. The highest BCUT2D eigenvalue weighted by atomic mass is 15.1. The molecule has 0 heterocycles. The molecule has 7 aromatic carbocycles. The van der Waals surface area contributed by atoms with E-state index >= 15 is 0 Å². The SMILES string of the molecule is Cc1cccc(N(c2ccc(C=Cc3cccc(C=Cc4ccc(N(c5cccc(C)c5)c5ccc(C)cc5C)cc4)c3)cc2)c2ccc(C)cc2C)c1. The minimum Gasteiger partial charge on any atom is -0.310 e. The Hall–Kier alpha value is -6.38. The van der Waals surface area contributed by atoms with Gasteiger partial charge in [-0.1, -0.05) is 126 Å². The van der Waals surface area contributed by atoms with Crippen LogP contribution in [0.5, 0.6) is 0 Å². The summed E-state index contributed by atoms with van der Waals surface area (Å²) >= 11 is 0. The number of rotatable bonds is 10. The van der Waals surface area contributed by atoms with E-state index in [9.17, 15) is 0 Å². The maximum absolute atomic E-state index is 2.35. The fourth-order valence-corrected chi connectivity index (χ4v) is 7.12. The van der Waals surface area contributed by atoms with Crippen LogP contribution in [0.15, 0.2) is 158 Å². The maximum atomic E-state index is 2.35. The first kappa shape index (κ1) is 36.0. The van der Waals surface area contributed by atoms with Crippen molar-refractivity contribution in [1.82, 2.24) is 0 Å². The molecule has 2 nitrogen and oxygen atoms in total. The maximum Gasteiger partial charge on any atom is 0.0490 e. The monoisotopic (exact) mass is 700 g/mol. The molecule has 7 rings (SSSR count). The molecular formula is C52H48N2. The van der Waals surface area contributed by atoms with Crippen molar-refractivity contribution in [1.29, 1.82) is 0 Å². The molecule has 2 heteroatoms. The molecule has 0 spiro atoms. The van der Waals surface area contributed by atoms with Crippen molar-refractivity contribution in [2.45, 2.75) is 41.5 Å². The summed E-state index contributed by atoms with van der Waals surface area (Å²) in [6, 6.07) is 57.1. The van der Waals surface area contributed by atoms with Gasteiger partial charge in [-0.3, -0.25) is 0 Å². The first-order valence-corrected chi connectivity index (χ1v) is 18.7. The molecule has 0 radical (unpaired) electrons. The van der Waals surface area contributed by atoms with Crippen LogP contribution >= 0.6 is 0 Å². The first-order chi connectivity index (χ1) is 26.2. The van der Waals surface area contributed by atoms with E-state index < -0.39 is 0 Å². The van der Waals surface area contributed by atoms with Crippen molar-refractivity contribution in [3.63, 3.8) is 0 Å². The zero-order valence-electron chi connectivity index (χ0n) is 32.2. The highest BCUT2D eigenvalue weighted by molar-refractivity contribution is 5.82. The summed E-state index contributed by atoms with van der Waals surface area (Å²) in [7, 11) is 0. The van der Waals surface area contributed by atoms with Crippen LogP contribution in [0.1, 0.15) is 55.6 Å². The average molecular weight is 701 g/mol. The van der Waals surface area contributed by atoms with Gasteiger partial charge in [0.2, 0.25) is 0 Å². The lowest BCUT2D eigenvalue weighted by Gasteiger charge is -2.27. The number of hydrogen-bond acceptors (Lipinski definition) is 2. The van der Waals surface area contributed by atoms with E-state index in [0.29, 0.717) is 0 Å². The van der Waals surface area contributed by atoms with Crippen molar-refractivity contribution < 1.29 is 0 Å². The molecule has 0 bridgehead atoms. The lowest BCUT2D eigenvalue weighted by Crippen LogP contribution is -2.11. The van der Waals surface area contributed by atoms with Gasteiger partial charge in [0.25, 0.3) is 0 Å². The van der Waals surface area contributed by atoms with Crippen LogP contribution in [0.3, 0.4) is 0 Å². The predicted molar refractivity (Wildman–Crippen MR) is 235 cm³/mol. The highest BCUT2D eigenvalue weighted by Crippen LogP contribution is 2.39. The standard InChI is InChI=1S/C52H48N2/c1-37-10-7-14-49(34-37)53(51-30-16-39(3)32-41(51)5)47-26-22-43(23-27-47)18-20-45-12-9-13-46(36-45)21-19-44-24-28-48(29-25-44)54(50-15-8-11-38(2)35-50)52-31-17-40(4)33-42(52)6/h7-36H,1-6H3. The summed E-state index contributed by atoms with van der Waals surface area (Å²) in [4.78, 5) is 4.70. The van der Waals surface area contributed by atoms with Crippen LogP contribution in [0.2, 0.25) is 0 Å². The molecule has 0 saturated heterocycles. The Kier molecular flexibility index (Phi) is 10.7. The van der Waals surface area contributed by atoms with Gasteiger partial charge in [-0.25, -0.2) is 0 Å². The molecule has 0 saturated carbocycles. The number of nitrogens with zero attached hydrogens (tertiary/aromatic N) is 2. The van der Waals surface area contributed by atoms with Gasteiger partial charge >= 0.3 is 0 Å². The molecule has 0 atom stereocenters. The second-order valence-corrected chi connectivity index (χ2v) is 14.4. The van der Waals surface area contributed by atoms with E-state index in [-0.39, 0.29) is 0 Å². The van der Waals surface area contributed by atoms with Crippen molar-refractivity contribution in [2.24, 2.45) is 0 Å². The van der Waals surface area contributed by atoms with Gasteiger partial charge in [0.05, 0.1) is 0 Å². The van der Waals surface area contributed by atoms with Crippen molar-refractivity contribution >= 4 is 58.4 Å². The second-order valence-electron chi connectivity index (χ2n) is 14.4. The van der Waals surface area contributed by atoms with Gasteiger partial charge in [-0.15, -0.1) is 0 Å². The van der Waals surface area contributed by atoms with E-state index in [2.05, 4.69) is 233 Å². The Bertz CT molecular complexity index is 2280. The summed E-state index contributed by atoms with van der Waals surface area (Å²) in [5.74, 6) is 0. The third kappa shape index (κ3) is 8.46. The Morgan fingerprint density at radius 1 is 0.296 bits per heavy atom. The first-order valence-electron chi connectivity index (χ1n) is 18.7. The zero-order chi connectivity index (χ0) is 37.6. The molecule has 0 aromatic heterocycles. The van der Waals surface area contributed by atoms with Crippen LogP contribution in [0.4, 0.5) is 34.1 Å². The topological polar surface area (TPSA) is 6.48 Å². The minimum atomic E-state index is 1.14. The number of anilines is 6. The molecule has 7 aromatic rings. The van der Waals surface area contributed by atoms with Gasteiger partial charge in [0.1, 0.15) is 0 Å². The second kappa shape index (κ2) is 16.1. The highest BCUT2D eigenvalue weighted by Gasteiger charge is 2.16. The fraction of sp³-hybridized carbons (Fsp3) is 0.115. The number of benzene rings is 7. The molecule has 0 aliphatic carbocycles. The number of aryl methyl sites for hydroxylation is 6. The van der Waals surface area contributed by atoms with Gasteiger partial charge in [-0.2, -0.15) is 0 Å². The van der Waals surface area contributed by atoms with Gasteiger partial charge < -0.3 is 9.80 Å². The van der Waals surface area contributed by atoms with E-state index in [4.69, 9.17) is 0 Å².